The van der Waals surface area contributed by atoms with Gasteiger partial charge in [0.2, 0.25) is 0 Å². The number of rotatable bonds is 9. The van der Waals surface area contributed by atoms with E-state index in [9.17, 15) is 4.79 Å². The van der Waals surface area contributed by atoms with Gasteiger partial charge in [-0.1, -0.05) is 18.2 Å². The predicted molar refractivity (Wildman–Crippen MR) is 132 cm³/mol. The van der Waals surface area contributed by atoms with Crippen LogP contribution in [0.25, 0.3) is 0 Å². The van der Waals surface area contributed by atoms with Crippen molar-refractivity contribution in [3.63, 3.8) is 0 Å². The van der Waals surface area contributed by atoms with E-state index in [2.05, 4.69) is 44.8 Å². The molecule has 3 aromatic rings. The number of hydrogen-bond acceptors (Lipinski definition) is 5. The van der Waals surface area contributed by atoms with Crippen LogP contribution in [0.15, 0.2) is 73.1 Å². The van der Waals surface area contributed by atoms with Crippen LogP contribution in [0.4, 0.5) is 5.69 Å². The van der Waals surface area contributed by atoms with E-state index in [0.29, 0.717) is 18.2 Å². The molecule has 0 radical (unpaired) electrons. The number of carbonyl (C=O) groups is 1. The lowest BCUT2D eigenvalue weighted by Crippen LogP contribution is -2.43. The molecule has 0 saturated carbocycles. The molecular weight excluding hydrogens is 412 g/mol. The van der Waals surface area contributed by atoms with Crippen molar-refractivity contribution in [1.82, 2.24) is 15.6 Å². The first kappa shape index (κ1) is 22.8. The Morgan fingerprint density at radius 2 is 1.85 bits per heavy atom. The number of methoxy groups -OCH3 is 1. The molecule has 2 N–H and O–H groups in total. The van der Waals surface area contributed by atoms with Gasteiger partial charge in [-0.15, -0.1) is 0 Å². The maximum atomic E-state index is 12.4. The zero-order chi connectivity index (χ0) is 22.9. The van der Waals surface area contributed by atoms with Crippen molar-refractivity contribution in [3.8, 4) is 5.75 Å². The van der Waals surface area contributed by atoms with Crippen LogP contribution >= 0.6 is 0 Å². The standard InChI is InChI=1S/C27H32N4O2/c1-33-26-6-2-4-21(18-26)11-15-29-24-12-16-31(17-13-24)25-9-7-23(8-10-25)27(32)30-20-22-5-3-14-28-19-22/h2-10,14,18-19,24,29H,11-13,15-17,20H2,1H3,(H,30,32). The highest BCUT2D eigenvalue weighted by atomic mass is 16.5. The van der Waals surface area contributed by atoms with E-state index in [4.69, 9.17) is 4.74 Å². The Bertz CT molecular complexity index is 1020. The van der Waals surface area contributed by atoms with E-state index in [0.717, 1.165) is 50.2 Å². The topological polar surface area (TPSA) is 66.5 Å². The lowest BCUT2D eigenvalue weighted by Gasteiger charge is -2.34. The number of benzene rings is 2. The quantitative estimate of drug-likeness (QED) is 0.525. The molecule has 6 nitrogen and oxygen atoms in total. The highest BCUT2D eigenvalue weighted by Crippen LogP contribution is 2.21. The van der Waals surface area contributed by atoms with Crippen molar-refractivity contribution < 1.29 is 9.53 Å². The maximum Gasteiger partial charge on any atom is 0.251 e. The van der Waals surface area contributed by atoms with Gasteiger partial charge in [0.25, 0.3) is 5.91 Å². The number of pyridine rings is 1. The summed E-state index contributed by atoms with van der Waals surface area (Å²) in [6.07, 6.45) is 6.73. The number of amides is 1. The van der Waals surface area contributed by atoms with Crippen LogP contribution in [-0.2, 0) is 13.0 Å². The Balaban J connectivity index is 1.19. The van der Waals surface area contributed by atoms with Gasteiger partial charge in [-0.2, -0.15) is 0 Å². The Morgan fingerprint density at radius 3 is 2.58 bits per heavy atom. The first-order valence-corrected chi connectivity index (χ1v) is 11.6. The molecule has 4 rings (SSSR count). The predicted octanol–water partition coefficient (Wildman–Crippen LogP) is 3.82. The zero-order valence-electron chi connectivity index (χ0n) is 19.2. The van der Waals surface area contributed by atoms with E-state index in [-0.39, 0.29) is 5.91 Å². The molecular formula is C27H32N4O2. The lowest BCUT2D eigenvalue weighted by atomic mass is 10.0. The van der Waals surface area contributed by atoms with Gasteiger partial charge in [0.1, 0.15) is 5.75 Å². The fourth-order valence-electron chi connectivity index (χ4n) is 4.20. The number of nitrogens with one attached hydrogen (secondary N) is 2. The van der Waals surface area contributed by atoms with E-state index < -0.39 is 0 Å². The fraction of sp³-hybridized carbons (Fsp3) is 0.333. The first-order valence-electron chi connectivity index (χ1n) is 11.6. The zero-order valence-corrected chi connectivity index (χ0v) is 19.2. The van der Waals surface area contributed by atoms with E-state index >= 15 is 0 Å². The van der Waals surface area contributed by atoms with Crippen LogP contribution in [0.3, 0.4) is 0 Å². The van der Waals surface area contributed by atoms with Crippen LogP contribution in [0.5, 0.6) is 5.75 Å². The Morgan fingerprint density at radius 1 is 1.06 bits per heavy atom. The monoisotopic (exact) mass is 444 g/mol. The molecule has 0 unspecified atom stereocenters. The molecule has 1 fully saturated rings. The largest absolute Gasteiger partial charge is 0.497 e. The van der Waals surface area contributed by atoms with Gasteiger partial charge >= 0.3 is 0 Å². The van der Waals surface area contributed by atoms with Crippen molar-refractivity contribution in [3.05, 3.63) is 89.7 Å². The Hall–Kier alpha value is -3.38. The molecule has 2 aromatic carbocycles. The number of carbonyl (C=O) groups excluding carboxylic acids is 1. The summed E-state index contributed by atoms with van der Waals surface area (Å²) in [6.45, 7) is 3.49. The minimum Gasteiger partial charge on any atom is -0.497 e. The fourth-order valence-corrected chi connectivity index (χ4v) is 4.20. The van der Waals surface area contributed by atoms with Gasteiger partial charge in [-0.25, -0.2) is 0 Å². The molecule has 0 bridgehead atoms. The van der Waals surface area contributed by atoms with Crippen molar-refractivity contribution in [2.75, 3.05) is 31.6 Å². The first-order chi connectivity index (χ1) is 16.2. The summed E-state index contributed by atoms with van der Waals surface area (Å²) in [7, 11) is 1.71. The van der Waals surface area contributed by atoms with Crippen molar-refractivity contribution >= 4 is 11.6 Å². The van der Waals surface area contributed by atoms with E-state index in [1.165, 1.54) is 11.3 Å². The molecule has 1 aromatic heterocycles. The third-order valence-electron chi connectivity index (χ3n) is 6.15. The second-order valence-corrected chi connectivity index (χ2v) is 8.41. The molecule has 2 heterocycles. The van der Waals surface area contributed by atoms with Gasteiger partial charge in [-0.05, 0) is 79.4 Å². The van der Waals surface area contributed by atoms with Crippen LogP contribution in [0, 0.1) is 0 Å². The molecule has 33 heavy (non-hydrogen) atoms. The summed E-state index contributed by atoms with van der Waals surface area (Å²) in [5, 5.41) is 6.66. The van der Waals surface area contributed by atoms with Crippen LogP contribution in [0.1, 0.15) is 34.3 Å². The van der Waals surface area contributed by atoms with Gasteiger partial charge in [0.15, 0.2) is 0 Å². The summed E-state index contributed by atoms with van der Waals surface area (Å²) in [6, 6.07) is 20.6. The van der Waals surface area contributed by atoms with E-state index in [1.54, 1.807) is 19.5 Å². The number of aromatic nitrogens is 1. The second-order valence-electron chi connectivity index (χ2n) is 8.41. The third-order valence-corrected chi connectivity index (χ3v) is 6.15. The van der Waals surface area contributed by atoms with E-state index in [1.807, 2.05) is 36.4 Å². The van der Waals surface area contributed by atoms with Gasteiger partial charge < -0.3 is 20.3 Å². The molecule has 1 aliphatic heterocycles. The van der Waals surface area contributed by atoms with Gasteiger partial charge in [0.05, 0.1) is 7.11 Å². The lowest BCUT2D eigenvalue weighted by molar-refractivity contribution is 0.0951. The average Bonchev–Trinajstić information content (AvgIpc) is 2.88. The van der Waals surface area contributed by atoms with Crippen molar-refractivity contribution in [2.24, 2.45) is 0 Å². The van der Waals surface area contributed by atoms with Gasteiger partial charge in [0, 0.05) is 49.3 Å². The normalized spacial score (nSPS) is 14.2. The molecule has 0 atom stereocenters. The molecule has 1 amide bonds. The molecule has 172 valence electrons. The smallest absolute Gasteiger partial charge is 0.251 e. The summed E-state index contributed by atoms with van der Waals surface area (Å²) < 4.78 is 5.31. The molecule has 1 aliphatic rings. The van der Waals surface area contributed by atoms with Crippen molar-refractivity contribution in [1.29, 1.82) is 0 Å². The maximum absolute atomic E-state index is 12.4. The third kappa shape index (κ3) is 6.56. The van der Waals surface area contributed by atoms with Crippen LogP contribution in [0.2, 0.25) is 0 Å². The van der Waals surface area contributed by atoms with Gasteiger partial charge in [-0.3, -0.25) is 9.78 Å². The summed E-state index contributed by atoms with van der Waals surface area (Å²) >= 11 is 0. The molecule has 0 spiro atoms. The number of anilines is 1. The molecule has 6 heteroatoms. The molecule has 1 saturated heterocycles. The Kier molecular flexibility index (Phi) is 7.93. The highest BCUT2D eigenvalue weighted by molar-refractivity contribution is 5.94. The minimum absolute atomic E-state index is 0.0654. The molecule has 0 aliphatic carbocycles. The summed E-state index contributed by atoms with van der Waals surface area (Å²) in [5.41, 5.74) is 4.14. The SMILES string of the molecule is COc1cccc(CCNC2CCN(c3ccc(C(=O)NCc4cccnc4)cc3)CC2)c1. The highest BCUT2D eigenvalue weighted by Gasteiger charge is 2.19. The Labute approximate surface area is 196 Å². The summed E-state index contributed by atoms with van der Waals surface area (Å²) in [5.74, 6) is 0.849. The minimum atomic E-state index is -0.0654. The van der Waals surface area contributed by atoms with Crippen molar-refractivity contribution in [2.45, 2.75) is 31.8 Å². The number of piperidine rings is 1. The van der Waals surface area contributed by atoms with Crippen LogP contribution < -0.4 is 20.3 Å². The number of ether oxygens (including phenoxy) is 1. The average molecular weight is 445 g/mol. The number of hydrogen-bond donors (Lipinski definition) is 2. The number of nitrogens with zero attached hydrogens (tertiary/aromatic N) is 2. The second kappa shape index (κ2) is 11.5. The summed E-state index contributed by atoms with van der Waals surface area (Å²) in [4.78, 5) is 18.9. The van der Waals surface area contributed by atoms with Crippen LogP contribution in [-0.4, -0.2) is 43.7 Å².